The van der Waals surface area contributed by atoms with Gasteiger partial charge in [0.25, 0.3) is 0 Å². The van der Waals surface area contributed by atoms with Crippen LogP contribution in [0.2, 0.25) is 20.1 Å². The van der Waals surface area contributed by atoms with Gasteiger partial charge in [0.2, 0.25) is 0 Å². The predicted molar refractivity (Wildman–Crippen MR) is 82.1 cm³/mol. The highest BCUT2D eigenvalue weighted by molar-refractivity contribution is 6.35. The number of hydrogen-bond acceptors (Lipinski definition) is 2. The van der Waals surface area contributed by atoms with Crippen molar-refractivity contribution in [1.29, 1.82) is 0 Å². The van der Waals surface area contributed by atoms with Gasteiger partial charge in [0.1, 0.15) is 0 Å². The van der Waals surface area contributed by atoms with E-state index in [2.05, 4.69) is 5.43 Å². The average molecular weight is 336 g/mol. The second-order valence-corrected chi connectivity index (χ2v) is 5.62. The Morgan fingerprint density at radius 2 is 1.42 bits per heavy atom. The summed E-state index contributed by atoms with van der Waals surface area (Å²) in [7, 11) is 0. The molecule has 2 aromatic rings. The molecule has 0 saturated carbocycles. The highest BCUT2D eigenvalue weighted by atomic mass is 35.5. The Labute approximate surface area is 131 Å². The quantitative estimate of drug-likeness (QED) is 0.621. The van der Waals surface area contributed by atoms with Gasteiger partial charge < -0.3 is 0 Å². The van der Waals surface area contributed by atoms with E-state index < -0.39 is 0 Å². The Hall–Kier alpha value is -0.480. The second-order valence-electron chi connectivity index (χ2n) is 3.93. The zero-order valence-electron chi connectivity index (χ0n) is 9.63. The molecule has 6 heteroatoms. The molecule has 0 heterocycles. The lowest BCUT2D eigenvalue weighted by Gasteiger charge is -2.19. The Morgan fingerprint density at radius 3 is 2.05 bits per heavy atom. The largest absolute Gasteiger partial charge is 0.271 e. The first-order valence-electron chi connectivity index (χ1n) is 5.39. The summed E-state index contributed by atoms with van der Waals surface area (Å²) in [5.74, 6) is 5.62. The summed E-state index contributed by atoms with van der Waals surface area (Å²) < 4.78 is 0. The Kier molecular flexibility index (Phi) is 4.96. The minimum atomic E-state index is -0.365. The van der Waals surface area contributed by atoms with Gasteiger partial charge in [-0.05, 0) is 41.5 Å². The molecule has 0 saturated heterocycles. The van der Waals surface area contributed by atoms with Gasteiger partial charge in [0.15, 0.2) is 0 Å². The molecule has 2 rings (SSSR count). The van der Waals surface area contributed by atoms with Crippen LogP contribution in [0, 0.1) is 0 Å². The van der Waals surface area contributed by atoms with Crippen molar-refractivity contribution in [3.8, 4) is 0 Å². The zero-order valence-corrected chi connectivity index (χ0v) is 12.7. The molecule has 0 aliphatic carbocycles. The van der Waals surface area contributed by atoms with Crippen LogP contribution in [0.5, 0.6) is 0 Å². The van der Waals surface area contributed by atoms with E-state index in [1.165, 1.54) is 0 Å². The van der Waals surface area contributed by atoms with Gasteiger partial charge >= 0.3 is 0 Å². The van der Waals surface area contributed by atoms with Gasteiger partial charge in [-0.1, -0.05) is 52.5 Å². The molecule has 2 aromatic carbocycles. The fourth-order valence-corrected chi connectivity index (χ4v) is 2.74. The zero-order chi connectivity index (χ0) is 14.0. The molecule has 0 fully saturated rings. The molecule has 0 spiro atoms. The van der Waals surface area contributed by atoms with Gasteiger partial charge in [-0.15, -0.1) is 0 Å². The van der Waals surface area contributed by atoms with Crippen LogP contribution in [0.25, 0.3) is 0 Å². The molecule has 0 aliphatic rings. The minimum Gasteiger partial charge on any atom is -0.271 e. The number of nitrogens with two attached hydrogens (primary N) is 1. The smallest absolute Gasteiger partial charge is 0.0739 e. The molecule has 0 aliphatic heterocycles. The van der Waals surface area contributed by atoms with E-state index in [-0.39, 0.29) is 6.04 Å². The Bertz CT molecular complexity index is 601. The standard InChI is InChI=1S/C13H10Cl4N2/c14-7-2-4-11(16)10(5-7)13(19-18)9-3-1-8(15)6-12(9)17/h1-6,13,19H,18H2. The number of nitrogens with one attached hydrogen (secondary N) is 1. The molecule has 19 heavy (non-hydrogen) atoms. The normalized spacial score (nSPS) is 12.5. The van der Waals surface area contributed by atoms with E-state index >= 15 is 0 Å². The van der Waals surface area contributed by atoms with E-state index in [9.17, 15) is 0 Å². The molecule has 0 radical (unpaired) electrons. The molecule has 0 amide bonds. The van der Waals surface area contributed by atoms with Gasteiger partial charge in [-0.2, -0.15) is 0 Å². The van der Waals surface area contributed by atoms with Crippen molar-refractivity contribution >= 4 is 46.4 Å². The van der Waals surface area contributed by atoms with Crippen molar-refractivity contribution < 1.29 is 0 Å². The molecule has 3 N–H and O–H groups in total. The van der Waals surface area contributed by atoms with E-state index in [1.807, 2.05) is 0 Å². The topological polar surface area (TPSA) is 38.0 Å². The van der Waals surface area contributed by atoms with Gasteiger partial charge in [-0.3, -0.25) is 5.84 Å². The lowest BCUT2D eigenvalue weighted by atomic mass is 9.99. The van der Waals surface area contributed by atoms with Crippen molar-refractivity contribution in [1.82, 2.24) is 5.43 Å². The fraction of sp³-hybridized carbons (Fsp3) is 0.0769. The van der Waals surface area contributed by atoms with E-state index in [4.69, 9.17) is 52.2 Å². The Morgan fingerprint density at radius 1 is 0.789 bits per heavy atom. The SMILES string of the molecule is NNC(c1ccc(Cl)cc1Cl)c1cc(Cl)ccc1Cl. The van der Waals surface area contributed by atoms with E-state index in [1.54, 1.807) is 36.4 Å². The van der Waals surface area contributed by atoms with Crippen LogP contribution in [-0.2, 0) is 0 Å². The highest BCUT2D eigenvalue weighted by Gasteiger charge is 2.18. The van der Waals surface area contributed by atoms with Crippen LogP contribution in [0.3, 0.4) is 0 Å². The van der Waals surface area contributed by atoms with Gasteiger partial charge in [0.05, 0.1) is 6.04 Å². The second kappa shape index (κ2) is 6.31. The summed E-state index contributed by atoms with van der Waals surface area (Å²) >= 11 is 24.2. The summed E-state index contributed by atoms with van der Waals surface area (Å²) in [6.07, 6.45) is 0. The molecule has 2 nitrogen and oxygen atoms in total. The minimum absolute atomic E-state index is 0.365. The Balaban J connectivity index is 2.52. The van der Waals surface area contributed by atoms with Crippen LogP contribution >= 0.6 is 46.4 Å². The van der Waals surface area contributed by atoms with Crippen molar-refractivity contribution in [3.05, 3.63) is 67.6 Å². The first kappa shape index (κ1) is 14.9. The molecular formula is C13H10Cl4N2. The molecular weight excluding hydrogens is 326 g/mol. The third-order valence-electron chi connectivity index (χ3n) is 2.71. The maximum Gasteiger partial charge on any atom is 0.0739 e. The monoisotopic (exact) mass is 334 g/mol. The summed E-state index contributed by atoms with van der Waals surface area (Å²) in [5, 5.41) is 2.19. The number of rotatable bonds is 3. The number of benzene rings is 2. The van der Waals surface area contributed by atoms with Crippen LogP contribution in [0.15, 0.2) is 36.4 Å². The molecule has 1 atom stereocenters. The fourth-order valence-electron chi connectivity index (χ4n) is 1.82. The lowest BCUT2D eigenvalue weighted by molar-refractivity contribution is 0.637. The third kappa shape index (κ3) is 3.34. The third-order valence-corrected chi connectivity index (χ3v) is 3.85. The summed E-state index contributed by atoms with van der Waals surface area (Å²) in [5.41, 5.74) is 4.22. The van der Waals surface area contributed by atoms with Gasteiger partial charge in [0, 0.05) is 20.1 Å². The molecule has 0 bridgehead atoms. The van der Waals surface area contributed by atoms with Crippen LogP contribution in [-0.4, -0.2) is 0 Å². The van der Waals surface area contributed by atoms with Crippen LogP contribution in [0.1, 0.15) is 17.2 Å². The van der Waals surface area contributed by atoms with E-state index in [0.29, 0.717) is 20.1 Å². The number of hydrogen-bond donors (Lipinski definition) is 2. The maximum atomic E-state index is 6.19. The number of hydrazine groups is 1. The average Bonchev–Trinajstić information content (AvgIpc) is 2.36. The van der Waals surface area contributed by atoms with Crippen LogP contribution < -0.4 is 11.3 Å². The highest BCUT2D eigenvalue weighted by Crippen LogP contribution is 2.34. The summed E-state index contributed by atoms with van der Waals surface area (Å²) in [6.45, 7) is 0. The van der Waals surface area contributed by atoms with Crippen LogP contribution in [0.4, 0.5) is 0 Å². The maximum absolute atomic E-state index is 6.19. The van der Waals surface area contributed by atoms with Crippen molar-refractivity contribution in [3.63, 3.8) is 0 Å². The van der Waals surface area contributed by atoms with Gasteiger partial charge in [-0.25, -0.2) is 5.43 Å². The first-order chi connectivity index (χ1) is 9.02. The molecule has 100 valence electrons. The van der Waals surface area contributed by atoms with E-state index in [0.717, 1.165) is 11.1 Å². The summed E-state index contributed by atoms with van der Waals surface area (Å²) in [6, 6.07) is 10.0. The van der Waals surface area contributed by atoms with Crippen molar-refractivity contribution in [2.24, 2.45) is 5.84 Å². The summed E-state index contributed by atoms with van der Waals surface area (Å²) in [4.78, 5) is 0. The lowest BCUT2D eigenvalue weighted by Crippen LogP contribution is -2.29. The van der Waals surface area contributed by atoms with Crippen molar-refractivity contribution in [2.45, 2.75) is 6.04 Å². The van der Waals surface area contributed by atoms with Crippen molar-refractivity contribution in [2.75, 3.05) is 0 Å². The molecule has 1 unspecified atom stereocenters. The first-order valence-corrected chi connectivity index (χ1v) is 6.90. The predicted octanol–water partition coefficient (Wildman–Crippen LogP) is 4.85. The molecule has 0 aromatic heterocycles. The number of halogens is 4.